The lowest BCUT2D eigenvalue weighted by Crippen LogP contribution is -2.24. The molecule has 0 aliphatic rings. The number of hydrogen-bond donors (Lipinski definition) is 1. The Morgan fingerprint density at radius 1 is 1.07 bits per heavy atom. The Balaban J connectivity index is 1.49. The zero-order valence-electron chi connectivity index (χ0n) is 16.5. The summed E-state index contributed by atoms with van der Waals surface area (Å²) in [6, 6.07) is 11.7. The molecule has 3 aromatic heterocycles. The Bertz CT molecular complexity index is 1180. The zero-order valence-corrected chi connectivity index (χ0v) is 16.5. The number of benzene rings is 1. The van der Waals surface area contributed by atoms with Crippen LogP contribution in [0.1, 0.15) is 33.1 Å². The van der Waals surface area contributed by atoms with E-state index in [1.807, 2.05) is 67.9 Å². The molecule has 0 aliphatic heterocycles. The lowest BCUT2D eigenvalue weighted by Gasteiger charge is -2.08. The number of amides is 1. The van der Waals surface area contributed by atoms with Gasteiger partial charge in [-0.05, 0) is 56.2 Å². The predicted molar refractivity (Wildman–Crippen MR) is 108 cm³/mol. The Morgan fingerprint density at radius 2 is 1.93 bits per heavy atom. The smallest absolute Gasteiger partial charge is 0.274 e. The van der Waals surface area contributed by atoms with E-state index < -0.39 is 0 Å². The van der Waals surface area contributed by atoms with Crippen molar-refractivity contribution in [3.63, 3.8) is 0 Å². The first-order chi connectivity index (χ1) is 14.0. The highest BCUT2D eigenvalue weighted by atomic mass is 16.2. The molecular formula is C21H21N7O. The zero-order chi connectivity index (χ0) is 20.4. The van der Waals surface area contributed by atoms with E-state index in [1.54, 1.807) is 17.1 Å². The van der Waals surface area contributed by atoms with E-state index in [0.717, 1.165) is 28.5 Å². The van der Waals surface area contributed by atoms with Crippen LogP contribution in [0, 0.1) is 20.8 Å². The molecule has 3 heterocycles. The number of aryl methyl sites for hydroxylation is 2. The molecule has 1 aromatic carbocycles. The lowest BCUT2D eigenvalue weighted by atomic mass is 10.2. The van der Waals surface area contributed by atoms with Crippen LogP contribution < -0.4 is 5.32 Å². The first-order valence-corrected chi connectivity index (χ1v) is 9.26. The van der Waals surface area contributed by atoms with Gasteiger partial charge in [-0.3, -0.25) is 9.36 Å². The normalized spacial score (nSPS) is 10.9. The molecule has 0 aliphatic carbocycles. The summed E-state index contributed by atoms with van der Waals surface area (Å²) in [5.41, 5.74) is 3.93. The molecule has 0 fully saturated rings. The van der Waals surface area contributed by atoms with Gasteiger partial charge in [-0.2, -0.15) is 0 Å². The van der Waals surface area contributed by atoms with Gasteiger partial charge in [-0.1, -0.05) is 17.3 Å². The van der Waals surface area contributed by atoms with Crippen LogP contribution in [0.3, 0.4) is 0 Å². The van der Waals surface area contributed by atoms with Gasteiger partial charge in [0.25, 0.3) is 5.91 Å². The molecule has 0 bridgehead atoms. The van der Waals surface area contributed by atoms with Gasteiger partial charge in [0.2, 0.25) is 0 Å². The minimum atomic E-state index is -0.265. The molecule has 1 N–H and O–H groups in total. The monoisotopic (exact) mass is 387 g/mol. The highest BCUT2D eigenvalue weighted by Gasteiger charge is 2.17. The Kier molecular flexibility index (Phi) is 4.90. The molecule has 8 nitrogen and oxygen atoms in total. The van der Waals surface area contributed by atoms with Crippen molar-refractivity contribution in [2.45, 2.75) is 27.3 Å². The summed E-state index contributed by atoms with van der Waals surface area (Å²) in [7, 11) is 0. The van der Waals surface area contributed by atoms with E-state index in [2.05, 4.69) is 25.6 Å². The van der Waals surface area contributed by atoms with Crippen molar-refractivity contribution in [3.8, 4) is 11.5 Å². The second-order valence-electron chi connectivity index (χ2n) is 6.82. The Labute approximate surface area is 168 Å². The van der Waals surface area contributed by atoms with E-state index in [1.165, 1.54) is 0 Å². The van der Waals surface area contributed by atoms with Crippen LogP contribution in [0.4, 0.5) is 0 Å². The van der Waals surface area contributed by atoms with Crippen LogP contribution >= 0.6 is 0 Å². The quantitative estimate of drug-likeness (QED) is 0.569. The first kappa shape index (κ1) is 18.5. The molecule has 0 saturated heterocycles. The fourth-order valence-corrected chi connectivity index (χ4v) is 3.13. The van der Waals surface area contributed by atoms with Crippen LogP contribution in [0.5, 0.6) is 0 Å². The van der Waals surface area contributed by atoms with Crippen molar-refractivity contribution in [2.24, 2.45) is 0 Å². The third kappa shape index (κ3) is 3.77. The summed E-state index contributed by atoms with van der Waals surface area (Å²) in [5, 5.41) is 11.1. The average molecular weight is 387 g/mol. The molecule has 4 rings (SSSR count). The van der Waals surface area contributed by atoms with Gasteiger partial charge < -0.3 is 5.32 Å². The topological polar surface area (TPSA) is 90.5 Å². The maximum atomic E-state index is 12.7. The SMILES string of the molecule is Cc1cccc(-n2nnc(C(=O)NCc3ccnc(-n4ccnc4C)c3)c2C)c1. The number of nitrogens with zero attached hydrogens (tertiary/aromatic N) is 6. The van der Waals surface area contributed by atoms with Crippen LogP contribution in [0.2, 0.25) is 0 Å². The standard InChI is InChI=1S/C21H21N7O/c1-14-5-4-6-18(11-14)28-15(2)20(25-26-28)21(29)24-13-17-7-8-23-19(12-17)27-10-9-22-16(27)3/h4-12H,13H2,1-3H3,(H,24,29). The van der Waals surface area contributed by atoms with Gasteiger partial charge >= 0.3 is 0 Å². The van der Waals surface area contributed by atoms with Crippen molar-refractivity contribution >= 4 is 5.91 Å². The molecule has 146 valence electrons. The number of carbonyl (C=O) groups is 1. The van der Waals surface area contributed by atoms with Crippen molar-refractivity contribution in [1.82, 2.24) is 34.8 Å². The molecule has 0 atom stereocenters. The largest absolute Gasteiger partial charge is 0.347 e. The average Bonchev–Trinajstić information content (AvgIpc) is 3.32. The minimum absolute atomic E-state index is 0.265. The van der Waals surface area contributed by atoms with Crippen LogP contribution in [0.25, 0.3) is 11.5 Å². The molecule has 8 heteroatoms. The second-order valence-corrected chi connectivity index (χ2v) is 6.82. The second kappa shape index (κ2) is 7.67. The van der Waals surface area contributed by atoms with E-state index in [4.69, 9.17) is 0 Å². The molecule has 1 amide bonds. The first-order valence-electron chi connectivity index (χ1n) is 9.26. The van der Waals surface area contributed by atoms with Crippen molar-refractivity contribution in [2.75, 3.05) is 0 Å². The van der Waals surface area contributed by atoms with Gasteiger partial charge in [0, 0.05) is 25.1 Å². The van der Waals surface area contributed by atoms with E-state index in [-0.39, 0.29) is 5.91 Å². The maximum Gasteiger partial charge on any atom is 0.274 e. The molecule has 29 heavy (non-hydrogen) atoms. The highest BCUT2D eigenvalue weighted by Crippen LogP contribution is 2.14. The maximum absolute atomic E-state index is 12.7. The van der Waals surface area contributed by atoms with Gasteiger partial charge in [-0.15, -0.1) is 5.10 Å². The third-order valence-electron chi connectivity index (χ3n) is 4.69. The summed E-state index contributed by atoms with van der Waals surface area (Å²) in [6.07, 6.45) is 5.30. The number of imidazole rings is 1. The number of nitrogens with one attached hydrogen (secondary N) is 1. The van der Waals surface area contributed by atoms with Crippen molar-refractivity contribution < 1.29 is 4.79 Å². The molecule has 0 saturated carbocycles. The lowest BCUT2D eigenvalue weighted by molar-refractivity contribution is 0.0945. The van der Waals surface area contributed by atoms with Crippen molar-refractivity contribution in [1.29, 1.82) is 0 Å². The summed E-state index contributed by atoms with van der Waals surface area (Å²) in [4.78, 5) is 21.2. The summed E-state index contributed by atoms with van der Waals surface area (Å²) >= 11 is 0. The van der Waals surface area contributed by atoms with E-state index in [9.17, 15) is 4.79 Å². The number of carbonyl (C=O) groups excluding carboxylic acids is 1. The molecule has 0 radical (unpaired) electrons. The third-order valence-corrected chi connectivity index (χ3v) is 4.69. The van der Waals surface area contributed by atoms with E-state index >= 15 is 0 Å². The fourth-order valence-electron chi connectivity index (χ4n) is 3.13. The van der Waals surface area contributed by atoms with Crippen molar-refractivity contribution in [3.05, 3.63) is 83.3 Å². The predicted octanol–water partition coefficient (Wildman–Crippen LogP) is 2.70. The van der Waals surface area contributed by atoms with Gasteiger partial charge in [0.05, 0.1) is 11.4 Å². The molecule has 0 unspecified atom stereocenters. The molecular weight excluding hydrogens is 366 g/mol. The number of pyridine rings is 1. The summed E-state index contributed by atoms with van der Waals surface area (Å²) in [5.74, 6) is 1.34. The Hall–Kier alpha value is -3.81. The molecule has 0 spiro atoms. The number of hydrogen-bond acceptors (Lipinski definition) is 5. The fraction of sp³-hybridized carbons (Fsp3) is 0.190. The van der Waals surface area contributed by atoms with Gasteiger partial charge in [0.15, 0.2) is 5.69 Å². The van der Waals surface area contributed by atoms with Crippen LogP contribution in [-0.4, -0.2) is 35.4 Å². The number of aromatic nitrogens is 6. The number of rotatable bonds is 5. The Morgan fingerprint density at radius 3 is 2.69 bits per heavy atom. The minimum Gasteiger partial charge on any atom is -0.347 e. The summed E-state index contributed by atoms with van der Waals surface area (Å²) in [6.45, 7) is 6.12. The van der Waals surface area contributed by atoms with Crippen LogP contribution in [0.15, 0.2) is 55.0 Å². The highest BCUT2D eigenvalue weighted by molar-refractivity contribution is 5.93. The molecule has 4 aromatic rings. The summed E-state index contributed by atoms with van der Waals surface area (Å²) < 4.78 is 3.57. The van der Waals surface area contributed by atoms with Gasteiger partial charge in [0.1, 0.15) is 11.6 Å². The van der Waals surface area contributed by atoms with Crippen LogP contribution in [-0.2, 0) is 6.54 Å². The van der Waals surface area contributed by atoms with E-state index in [0.29, 0.717) is 17.9 Å². The van der Waals surface area contributed by atoms with Gasteiger partial charge in [-0.25, -0.2) is 14.6 Å².